The number of aliphatic hydroxyl groups is 1. The molecule has 0 spiro atoms. The maximum absolute atomic E-state index is 12.6. The zero-order chi connectivity index (χ0) is 20.7. The first kappa shape index (κ1) is 21.4. The van der Waals surface area contributed by atoms with Gasteiger partial charge in [0.25, 0.3) is 0 Å². The zero-order valence-electron chi connectivity index (χ0n) is 18.8. The second kappa shape index (κ2) is 8.03. The number of piperazine rings is 1. The average Bonchev–Trinajstić information content (AvgIpc) is 3.04. The number of fused-ring (bicyclic) bond motifs is 1. The summed E-state index contributed by atoms with van der Waals surface area (Å²) in [4.78, 5) is 14.4. The lowest BCUT2D eigenvalue weighted by molar-refractivity contribution is -0.136. The van der Waals surface area contributed by atoms with E-state index >= 15 is 0 Å². The molecule has 0 aromatic rings. The third-order valence-electron chi connectivity index (χ3n) is 9.62. The molecule has 1 saturated heterocycles. The van der Waals surface area contributed by atoms with Crippen molar-refractivity contribution in [3.63, 3.8) is 0 Å². The molecule has 4 fully saturated rings. The SMILES string of the molecule is CC[C@@H]1C[C@@H](OC(=O)N2CCNCC2)CC[C@]1(C)[C@H]1CC[C@]2(C)CCC[C@]2(O)C1. The highest BCUT2D eigenvalue weighted by Crippen LogP contribution is 2.62. The molecule has 29 heavy (non-hydrogen) atoms. The Bertz CT molecular complexity index is 607. The molecule has 0 bridgehead atoms. The van der Waals surface area contributed by atoms with Gasteiger partial charge < -0.3 is 20.1 Å². The molecule has 4 rings (SSSR count). The van der Waals surface area contributed by atoms with Crippen LogP contribution in [-0.2, 0) is 4.74 Å². The molecule has 0 unspecified atom stereocenters. The van der Waals surface area contributed by atoms with Crippen LogP contribution in [0.25, 0.3) is 0 Å². The van der Waals surface area contributed by atoms with Gasteiger partial charge in [-0.2, -0.15) is 0 Å². The molecule has 5 nitrogen and oxygen atoms in total. The topological polar surface area (TPSA) is 61.8 Å². The quantitative estimate of drug-likeness (QED) is 0.732. The highest BCUT2D eigenvalue weighted by atomic mass is 16.6. The molecule has 2 N–H and O–H groups in total. The number of hydrogen-bond acceptors (Lipinski definition) is 4. The summed E-state index contributed by atoms with van der Waals surface area (Å²) in [6, 6.07) is 0. The van der Waals surface area contributed by atoms with Crippen molar-refractivity contribution in [2.75, 3.05) is 26.2 Å². The molecule has 4 aliphatic rings. The summed E-state index contributed by atoms with van der Waals surface area (Å²) < 4.78 is 5.96. The number of carbonyl (C=O) groups excluding carboxylic acids is 1. The summed E-state index contributed by atoms with van der Waals surface area (Å²) in [7, 11) is 0. The van der Waals surface area contributed by atoms with Crippen LogP contribution in [0.4, 0.5) is 4.79 Å². The van der Waals surface area contributed by atoms with Gasteiger partial charge in [-0.05, 0) is 80.5 Å². The molecule has 1 heterocycles. The third kappa shape index (κ3) is 3.82. The highest BCUT2D eigenvalue weighted by Gasteiger charge is 2.57. The Hall–Kier alpha value is -0.810. The van der Waals surface area contributed by atoms with Crippen molar-refractivity contribution in [1.29, 1.82) is 0 Å². The maximum atomic E-state index is 12.6. The monoisotopic (exact) mass is 406 g/mol. The van der Waals surface area contributed by atoms with E-state index in [2.05, 4.69) is 26.1 Å². The summed E-state index contributed by atoms with van der Waals surface area (Å²) >= 11 is 0. The molecule has 0 aromatic carbocycles. The minimum absolute atomic E-state index is 0.0545. The van der Waals surface area contributed by atoms with Gasteiger partial charge in [-0.25, -0.2) is 4.79 Å². The largest absolute Gasteiger partial charge is 0.446 e. The van der Waals surface area contributed by atoms with Crippen LogP contribution in [0.15, 0.2) is 0 Å². The fraction of sp³-hybridized carbons (Fsp3) is 0.958. The van der Waals surface area contributed by atoms with Crippen LogP contribution >= 0.6 is 0 Å². The molecule has 1 amide bonds. The van der Waals surface area contributed by atoms with E-state index in [0.717, 1.165) is 64.7 Å². The minimum Gasteiger partial charge on any atom is -0.446 e. The van der Waals surface area contributed by atoms with Crippen molar-refractivity contribution in [2.24, 2.45) is 22.7 Å². The van der Waals surface area contributed by atoms with Crippen LogP contribution in [0.2, 0.25) is 0 Å². The van der Waals surface area contributed by atoms with E-state index in [9.17, 15) is 9.90 Å². The standard InChI is InChI=1S/C24H42N2O3/c1-4-18-16-20(29-21(27)26-14-12-25-13-15-26)7-11-23(18,3)19-6-10-22(2)8-5-9-24(22,28)17-19/h18-20,25,28H,4-17H2,1-3H3/t18-,19+,20+,22+,23+,24+/m1/s1. The molecule has 5 heteroatoms. The summed E-state index contributed by atoms with van der Waals surface area (Å²) in [5.74, 6) is 1.16. The van der Waals surface area contributed by atoms with Gasteiger partial charge in [0.15, 0.2) is 0 Å². The number of ether oxygens (including phenoxy) is 1. The number of nitrogens with zero attached hydrogens (tertiary/aromatic N) is 1. The van der Waals surface area contributed by atoms with E-state index in [1.807, 2.05) is 4.90 Å². The van der Waals surface area contributed by atoms with Gasteiger partial charge in [0, 0.05) is 26.2 Å². The van der Waals surface area contributed by atoms with Crippen LogP contribution in [0.1, 0.15) is 85.0 Å². The molecular weight excluding hydrogens is 364 g/mol. The van der Waals surface area contributed by atoms with E-state index in [-0.39, 0.29) is 23.0 Å². The van der Waals surface area contributed by atoms with Crippen LogP contribution in [0, 0.1) is 22.7 Å². The molecule has 3 saturated carbocycles. The van der Waals surface area contributed by atoms with E-state index in [4.69, 9.17) is 4.74 Å². The molecule has 0 aromatic heterocycles. The van der Waals surface area contributed by atoms with Crippen molar-refractivity contribution in [3.05, 3.63) is 0 Å². The molecule has 3 aliphatic carbocycles. The molecule has 6 atom stereocenters. The Kier molecular flexibility index (Phi) is 5.93. The lowest BCUT2D eigenvalue weighted by Crippen LogP contribution is -2.53. The molecule has 1 aliphatic heterocycles. The fourth-order valence-electron chi connectivity index (χ4n) is 7.30. The normalized spacial score (nSPS) is 45.7. The van der Waals surface area contributed by atoms with Crippen molar-refractivity contribution < 1.29 is 14.6 Å². The van der Waals surface area contributed by atoms with Gasteiger partial charge in [0.05, 0.1) is 5.60 Å². The van der Waals surface area contributed by atoms with Crippen molar-refractivity contribution in [2.45, 2.75) is 96.7 Å². The Morgan fingerprint density at radius 3 is 2.62 bits per heavy atom. The van der Waals surface area contributed by atoms with E-state index in [1.165, 1.54) is 25.7 Å². The summed E-state index contributed by atoms with van der Waals surface area (Å²) in [5, 5.41) is 14.8. The first-order valence-corrected chi connectivity index (χ1v) is 12.2. The predicted octanol–water partition coefficient (Wildman–Crippen LogP) is 4.33. The predicted molar refractivity (Wildman–Crippen MR) is 115 cm³/mol. The van der Waals surface area contributed by atoms with E-state index < -0.39 is 5.60 Å². The van der Waals surface area contributed by atoms with Crippen LogP contribution in [-0.4, -0.2) is 54.0 Å². The van der Waals surface area contributed by atoms with E-state index in [0.29, 0.717) is 11.8 Å². The van der Waals surface area contributed by atoms with Crippen LogP contribution in [0.5, 0.6) is 0 Å². The molecule has 0 radical (unpaired) electrons. The summed E-state index contributed by atoms with van der Waals surface area (Å²) in [6.45, 7) is 10.3. The number of nitrogens with one attached hydrogen (secondary N) is 1. The van der Waals surface area contributed by atoms with Crippen molar-refractivity contribution in [1.82, 2.24) is 10.2 Å². The first-order chi connectivity index (χ1) is 13.8. The van der Waals surface area contributed by atoms with Gasteiger partial charge >= 0.3 is 6.09 Å². The highest BCUT2D eigenvalue weighted by molar-refractivity contribution is 5.68. The number of amides is 1. The van der Waals surface area contributed by atoms with Gasteiger partial charge in [0.1, 0.15) is 6.10 Å². The lowest BCUT2D eigenvalue weighted by atomic mass is 9.52. The smallest absolute Gasteiger partial charge is 0.410 e. The zero-order valence-corrected chi connectivity index (χ0v) is 18.8. The van der Waals surface area contributed by atoms with Crippen LogP contribution < -0.4 is 5.32 Å². The van der Waals surface area contributed by atoms with Gasteiger partial charge in [-0.1, -0.05) is 27.2 Å². The lowest BCUT2D eigenvalue weighted by Gasteiger charge is -2.55. The third-order valence-corrected chi connectivity index (χ3v) is 9.62. The Morgan fingerprint density at radius 1 is 1.14 bits per heavy atom. The second-order valence-electron chi connectivity index (χ2n) is 11.0. The van der Waals surface area contributed by atoms with Gasteiger partial charge in [-0.15, -0.1) is 0 Å². The molecular formula is C24H42N2O3. The van der Waals surface area contributed by atoms with Crippen molar-refractivity contribution in [3.8, 4) is 0 Å². The Labute approximate surface area is 176 Å². The fourth-order valence-corrected chi connectivity index (χ4v) is 7.30. The number of rotatable bonds is 3. The number of hydrogen-bond donors (Lipinski definition) is 2. The Balaban J connectivity index is 1.40. The maximum Gasteiger partial charge on any atom is 0.410 e. The summed E-state index contributed by atoms with van der Waals surface area (Å²) in [6.07, 6.45) is 10.9. The number of carbonyl (C=O) groups is 1. The van der Waals surface area contributed by atoms with Gasteiger partial charge in [0.2, 0.25) is 0 Å². The van der Waals surface area contributed by atoms with Crippen LogP contribution in [0.3, 0.4) is 0 Å². The van der Waals surface area contributed by atoms with Crippen molar-refractivity contribution >= 4 is 6.09 Å². The first-order valence-electron chi connectivity index (χ1n) is 12.2. The van der Waals surface area contributed by atoms with E-state index in [1.54, 1.807) is 0 Å². The summed E-state index contributed by atoms with van der Waals surface area (Å²) in [5.41, 5.74) is -0.0627. The average molecular weight is 407 g/mol. The minimum atomic E-state index is -0.456. The van der Waals surface area contributed by atoms with Gasteiger partial charge in [-0.3, -0.25) is 0 Å². The molecule has 166 valence electrons. The second-order valence-corrected chi connectivity index (χ2v) is 11.0. The Morgan fingerprint density at radius 2 is 1.90 bits per heavy atom.